The normalized spacial score (nSPS) is 41.8. The van der Waals surface area contributed by atoms with Crippen LogP contribution < -0.4 is 0 Å². The Morgan fingerprint density at radius 2 is 1.84 bits per heavy atom. The third-order valence-electron chi connectivity index (χ3n) is 11.3. The van der Waals surface area contributed by atoms with Gasteiger partial charge >= 0.3 is 21.3 Å². The zero-order valence-electron chi connectivity index (χ0n) is 22.5. The maximum atomic E-state index is 13.4. The number of fused-ring (bicyclic) bond motifs is 5. The minimum Gasteiger partial charge on any atom is -0.465 e. The van der Waals surface area contributed by atoms with Crippen LogP contribution in [0.3, 0.4) is 0 Å². The SMILES string of the molecule is C[C@H](CCC(=O)OCC(F)(F)S(=O)(=O)O)[C@H]1CC[C@H]2[C@@H]3CCC4C[C@H](OC=O)CC[C@]4(C)[C@H]3C[C@H](O)[C@]12C. The molecule has 4 rings (SSSR count). The van der Waals surface area contributed by atoms with E-state index in [0.717, 1.165) is 51.4 Å². The lowest BCUT2D eigenvalue weighted by Crippen LogP contribution is -2.58. The van der Waals surface area contributed by atoms with Crippen molar-refractivity contribution in [3.63, 3.8) is 0 Å². The molecule has 0 aromatic rings. The molecule has 4 fully saturated rings. The molecule has 4 saturated carbocycles. The van der Waals surface area contributed by atoms with Gasteiger partial charge in [-0.15, -0.1) is 0 Å². The molecule has 0 aliphatic heterocycles. The fourth-order valence-electron chi connectivity index (χ4n) is 9.20. The van der Waals surface area contributed by atoms with Crippen LogP contribution in [0.4, 0.5) is 8.78 Å². The maximum Gasteiger partial charge on any atom is 0.402 e. The van der Waals surface area contributed by atoms with Crippen LogP contribution in [0.5, 0.6) is 0 Å². The second kappa shape index (κ2) is 10.6. The Labute approximate surface area is 224 Å². The minimum absolute atomic E-state index is 0.0106. The van der Waals surface area contributed by atoms with Gasteiger partial charge in [-0.1, -0.05) is 20.8 Å². The Balaban J connectivity index is 1.39. The van der Waals surface area contributed by atoms with E-state index in [1.807, 2.05) is 6.92 Å². The quantitative estimate of drug-likeness (QED) is 0.236. The summed E-state index contributed by atoms with van der Waals surface area (Å²) in [5.41, 5.74) is -0.185. The average molecular weight is 565 g/mol. The highest BCUT2D eigenvalue weighted by Gasteiger charge is 2.63. The van der Waals surface area contributed by atoms with Gasteiger partial charge in [-0.05, 0) is 104 Å². The summed E-state index contributed by atoms with van der Waals surface area (Å²) in [5.74, 6) is 1.04. The minimum atomic E-state index is -5.66. The van der Waals surface area contributed by atoms with E-state index in [1.54, 1.807) is 0 Å². The number of hydrogen-bond acceptors (Lipinski definition) is 7. The third-order valence-corrected chi connectivity index (χ3v) is 12.2. The number of aliphatic hydroxyl groups excluding tert-OH is 1. The molecule has 0 spiro atoms. The van der Waals surface area contributed by atoms with Crippen molar-refractivity contribution in [3.05, 3.63) is 0 Å². The highest BCUT2D eigenvalue weighted by atomic mass is 32.2. The number of hydrogen-bond donors (Lipinski definition) is 2. The molecule has 0 aromatic carbocycles. The molecule has 8 nitrogen and oxygen atoms in total. The number of ether oxygens (including phenoxy) is 2. The third kappa shape index (κ3) is 5.11. The number of carbonyl (C=O) groups is 2. The Hall–Kier alpha value is -1.33. The molecular weight excluding hydrogens is 522 g/mol. The number of esters is 1. The molecule has 0 radical (unpaired) electrons. The van der Waals surface area contributed by atoms with E-state index in [-0.39, 0.29) is 35.2 Å². The Bertz CT molecular complexity index is 1010. The molecule has 1 unspecified atom stereocenters. The molecule has 0 bridgehead atoms. The van der Waals surface area contributed by atoms with Gasteiger partial charge in [0.15, 0.2) is 6.61 Å². The fraction of sp³-hybridized carbons (Fsp3) is 0.926. The van der Waals surface area contributed by atoms with Gasteiger partial charge in [0.2, 0.25) is 0 Å². The largest absolute Gasteiger partial charge is 0.465 e. The van der Waals surface area contributed by atoms with Crippen molar-refractivity contribution in [1.29, 1.82) is 0 Å². The van der Waals surface area contributed by atoms with Crippen LogP contribution in [0.15, 0.2) is 0 Å². The molecule has 0 aromatic heterocycles. The summed E-state index contributed by atoms with van der Waals surface area (Å²) in [6, 6.07) is 0. The predicted octanol–water partition coefficient (Wildman–Crippen LogP) is 4.60. The lowest BCUT2D eigenvalue weighted by atomic mass is 9.43. The molecule has 38 heavy (non-hydrogen) atoms. The van der Waals surface area contributed by atoms with Crippen LogP contribution in [-0.2, 0) is 29.2 Å². The number of alkyl halides is 2. The standard InChI is InChI=1S/C27H42F2O8S/c1-16(4-9-24(32)36-14-27(28,29)38(33,34)35)20-7-8-21-19-6-5-17-12-18(37-15-30)10-11-25(17,2)22(19)13-23(31)26(20,21)3/h15-23,31H,4-14H2,1-3H3,(H,33,34,35)/t16-,17?,18-,19+,20-,21+,22+,23+,25+,26-/m1/s1. The van der Waals surface area contributed by atoms with Crippen molar-refractivity contribution >= 4 is 22.6 Å². The Morgan fingerprint density at radius 3 is 2.50 bits per heavy atom. The molecule has 2 N–H and O–H groups in total. The molecule has 4 aliphatic carbocycles. The van der Waals surface area contributed by atoms with E-state index in [4.69, 9.17) is 9.29 Å². The van der Waals surface area contributed by atoms with Gasteiger partial charge in [0, 0.05) is 6.42 Å². The smallest absolute Gasteiger partial charge is 0.402 e. The predicted molar refractivity (Wildman–Crippen MR) is 133 cm³/mol. The van der Waals surface area contributed by atoms with E-state index in [2.05, 4.69) is 18.6 Å². The summed E-state index contributed by atoms with van der Waals surface area (Å²) in [4.78, 5) is 23.0. The average Bonchev–Trinajstić information content (AvgIpc) is 3.20. The first-order valence-electron chi connectivity index (χ1n) is 13.9. The van der Waals surface area contributed by atoms with E-state index < -0.39 is 34.1 Å². The van der Waals surface area contributed by atoms with Gasteiger partial charge in [0.25, 0.3) is 6.47 Å². The zero-order chi connectivity index (χ0) is 28.1. The van der Waals surface area contributed by atoms with Crippen molar-refractivity contribution in [2.45, 2.75) is 102 Å². The molecular formula is C27H42F2O8S. The van der Waals surface area contributed by atoms with Crippen molar-refractivity contribution in [2.75, 3.05) is 6.61 Å². The van der Waals surface area contributed by atoms with Crippen LogP contribution in [-0.4, -0.2) is 54.6 Å². The number of rotatable bonds is 9. The Kier molecular flexibility index (Phi) is 8.25. The van der Waals surface area contributed by atoms with E-state index in [9.17, 15) is 31.9 Å². The summed E-state index contributed by atoms with van der Waals surface area (Å²) >= 11 is 0. The highest BCUT2D eigenvalue weighted by Crippen LogP contribution is 2.68. The number of aliphatic hydroxyl groups is 1. The van der Waals surface area contributed by atoms with Crippen molar-refractivity contribution in [2.24, 2.45) is 46.3 Å². The summed E-state index contributed by atoms with van der Waals surface area (Å²) in [5, 5.41) is 7.10. The van der Waals surface area contributed by atoms with Gasteiger partial charge in [0.1, 0.15) is 6.10 Å². The molecule has 0 amide bonds. The van der Waals surface area contributed by atoms with Crippen LogP contribution in [0, 0.1) is 46.3 Å². The zero-order valence-corrected chi connectivity index (χ0v) is 23.3. The van der Waals surface area contributed by atoms with Crippen molar-refractivity contribution in [3.8, 4) is 0 Å². The first-order valence-corrected chi connectivity index (χ1v) is 15.4. The van der Waals surface area contributed by atoms with Gasteiger partial charge in [-0.25, -0.2) is 0 Å². The molecule has 0 saturated heterocycles. The van der Waals surface area contributed by atoms with Gasteiger partial charge in [-0.2, -0.15) is 17.2 Å². The molecule has 11 heteroatoms. The monoisotopic (exact) mass is 564 g/mol. The second-order valence-corrected chi connectivity index (χ2v) is 14.4. The molecule has 0 heterocycles. The second-order valence-electron chi connectivity index (χ2n) is 12.9. The summed E-state index contributed by atoms with van der Waals surface area (Å²) in [7, 11) is -5.66. The van der Waals surface area contributed by atoms with Crippen LogP contribution in [0.1, 0.15) is 85.0 Å². The first-order chi connectivity index (χ1) is 17.6. The number of carbonyl (C=O) groups excluding carboxylic acids is 2. The topological polar surface area (TPSA) is 127 Å². The molecule has 10 atom stereocenters. The molecule has 218 valence electrons. The van der Waals surface area contributed by atoms with Gasteiger partial charge in [0.05, 0.1) is 6.10 Å². The summed E-state index contributed by atoms with van der Waals surface area (Å²) < 4.78 is 66.5. The van der Waals surface area contributed by atoms with Crippen LogP contribution in [0.2, 0.25) is 0 Å². The maximum absolute atomic E-state index is 13.4. The van der Waals surface area contributed by atoms with Gasteiger partial charge in [-0.3, -0.25) is 14.1 Å². The van der Waals surface area contributed by atoms with E-state index >= 15 is 0 Å². The number of halogens is 2. The van der Waals surface area contributed by atoms with Gasteiger partial charge < -0.3 is 14.6 Å². The molecule has 4 aliphatic rings. The highest BCUT2D eigenvalue weighted by molar-refractivity contribution is 7.86. The van der Waals surface area contributed by atoms with Crippen molar-refractivity contribution < 1.29 is 45.9 Å². The van der Waals surface area contributed by atoms with E-state index in [1.165, 1.54) is 0 Å². The Morgan fingerprint density at radius 1 is 1.13 bits per heavy atom. The summed E-state index contributed by atoms with van der Waals surface area (Å²) in [6.07, 6.45) is 7.34. The van der Waals surface area contributed by atoms with E-state index in [0.29, 0.717) is 36.6 Å². The summed E-state index contributed by atoms with van der Waals surface area (Å²) in [6.45, 7) is 5.41. The van der Waals surface area contributed by atoms with Crippen LogP contribution in [0.25, 0.3) is 0 Å². The lowest BCUT2D eigenvalue weighted by Gasteiger charge is -2.62. The fourth-order valence-corrected chi connectivity index (χ4v) is 9.41. The van der Waals surface area contributed by atoms with Crippen LogP contribution >= 0.6 is 0 Å². The lowest BCUT2D eigenvalue weighted by molar-refractivity contribution is -0.178. The van der Waals surface area contributed by atoms with Crippen molar-refractivity contribution in [1.82, 2.24) is 0 Å². The first kappa shape index (κ1) is 29.6.